The molecule has 2 saturated heterocycles. The summed E-state index contributed by atoms with van der Waals surface area (Å²) in [4.78, 5) is 27.7. The van der Waals surface area contributed by atoms with Crippen LogP contribution in [0.5, 0.6) is 0 Å². The summed E-state index contributed by atoms with van der Waals surface area (Å²) in [5, 5.41) is 9.24. The lowest BCUT2D eigenvalue weighted by Gasteiger charge is -2.38. The summed E-state index contributed by atoms with van der Waals surface area (Å²) in [6.07, 6.45) is 0.365. The number of hydrogen-bond donors (Lipinski definition) is 1. The minimum absolute atomic E-state index is 0.131. The van der Waals surface area contributed by atoms with E-state index >= 15 is 0 Å². The summed E-state index contributed by atoms with van der Waals surface area (Å²) >= 11 is 0. The van der Waals surface area contributed by atoms with Crippen molar-refractivity contribution >= 4 is 12.0 Å². The smallest absolute Gasteiger partial charge is 0.407 e. The van der Waals surface area contributed by atoms with E-state index in [-0.39, 0.29) is 30.6 Å². The van der Waals surface area contributed by atoms with Crippen LogP contribution in [0.2, 0.25) is 0 Å². The number of alkyl halides is 2. The second-order valence-corrected chi connectivity index (χ2v) is 8.30. The maximum atomic E-state index is 13.5. The van der Waals surface area contributed by atoms with Crippen molar-refractivity contribution in [3.63, 3.8) is 0 Å². The van der Waals surface area contributed by atoms with Crippen molar-refractivity contribution in [2.75, 3.05) is 13.1 Å². The molecule has 0 aromatic carbocycles. The maximum absolute atomic E-state index is 13.5. The molecule has 1 aliphatic carbocycles. The molecule has 1 aromatic heterocycles. The van der Waals surface area contributed by atoms with E-state index in [9.17, 15) is 23.5 Å². The zero-order chi connectivity index (χ0) is 20.2. The van der Waals surface area contributed by atoms with Gasteiger partial charge in [0.2, 0.25) is 12.3 Å². The van der Waals surface area contributed by atoms with E-state index in [2.05, 4.69) is 4.57 Å². The Morgan fingerprint density at radius 1 is 1.18 bits per heavy atom. The zero-order valence-corrected chi connectivity index (χ0v) is 16.0. The number of carbonyl (C=O) groups is 2. The second kappa shape index (κ2) is 6.60. The molecule has 1 aromatic rings. The van der Waals surface area contributed by atoms with Crippen molar-refractivity contribution in [3.05, 3.63) is 35.7 Å². The normalized spacial score (nSPS) is 31.4. The van der Waals surface area contributed by atoms with Crippen molar-refractivity contribution in [2.24, 2.45) is 5.41 Å². The molecule has 3 aliphatic rings. The van der Waals surface area contributed by atoms with Crippen molar-refractivity contribution in [1.29, 1.82) is 0 Å². The number of rotatable bonds is 4. The number of amides is 2. The molecule has 0 saturated carbocycles. The number of carboxylic acid groups (broad SMARTS) is 1. The average Bonchev–Trinajstić information content (AvgIpc) is 3.37. The molecule has 1 N–H and O–H groups in total. The first kappa shape index (κ1) is 19.0. The fourth-order valence-electron chi connectivity index (χ4n) is 5.29. The Morgan fingerprint density at radius 2 is 1.79 bits per heavy atom. The first-order valence-electron chi connectivity index (χ1n) is 9.64. The molecule has 0 radical (unpaired) electrons. The molecule has 4 rings (SSSR count). The van der Waals surface area contributed by atoms with Crippen molar-refractivity contribution in [3.8, 4) is 0 Å². The predicted molar refractivity (Wildman–Crippen MR) is 98.4 cm³/mol. The first-order chi connectivity index (χ1) is 13.2. The van der Waals surface area contributed by atoms with E-state index in [0.717, 1.165) is 11.4 Å². The highest BCUT2D eigenvalue weighted by Gasteiger charge is 2.53. The highest BCUT2D eigenvalue weighted by Crippen LogP contribution is 2.46. The summed E-state index contributed by atoms with van der Waals surface area (Å²) in [6.45, 7) is 4.49. The first-order valence-corrected chi connectivity index (χ1v) is 9.64. The van der Waals surface area contributed by atoms with Crippen LogP contribution in [0.4, 0.5) is 13.6 Å². The van der Waals surface area contributed by atoms with Gasteiger partial charge in [-0.2, -0.15) is 0 Å². The lowest BCUT2D eigenvalue weighted by Crippen LogP contribution is -2.54. The van der Waals surface area contributed by atoms with Crippen LogP contribution in [0.1, 0.15) is 36.7 Å². The summed E-state index contributed by atoms with van der Waals surface area (Å²) < 4.78 is 29.0. The van der Waals surface area contributed by atoms with E-state index in [4.69, 9.17) is 0 Å². The molecule has 28 heavy (non-hydrogen) atoms. The molecule has 6 nitrogen and oxygen atoms in total. The summed E-state index contributed by atoms with van der Waals surface area (Å²) in [5.74, 6) is -0.286. The van der Waals surface area contributed by atoms with Gasteiger partial charge < -0.3 is 19.5 Å². The molecule has 4 atom stereocenters. The van der Waals surface area contributed by atoms with Crippen LogP contribution in [0, 0.1) is 19.3 Å². The maximum Gasteiger partial charge on any atom is 0.407 e. The number of aromatic nitrogens is 1. The fraction of sp³-hybridized carbons (Fsp3) is 0.600. The van der Waals surface area contributed by atoms with Crippen LogP contribution in [-0.4, -0.2) is 63.1 Å². The monoisotopic (exact) mass is 393 g/mol. The zero-order valence-electron chi connectivity index (χ0n) is 16.0. The van der Waals surface area contributed by atoms with E-state index in [1.54, 1.807) is 11.0 Å². The lowest BCUT2D eigenvalue weighted by atomic mass is 9.81. The Balaban J connectivity index is 1.57. The SMILES string of the molecule is Cc1ccc(C)n1[C@@H]1C=C[C@](CC(F)F)(C(=O)N2C[C@@H]3C[C@H]2CN3C(=O)O)C1. The molecule has 0 unspecified atom stereocenters. The summed E-state index contributed by atoms with van der Waals surface area (Å²) in [5.41, 5.74) is 0.829. The Morgan fingerprint density at radius 3 is 2.32 bits per heavy atom. The van der Waals surface area contributed by atoms with Crippen LogP contribution in [0.15, 0.2) is 24.3 Å². The Hall–Kier alpha value is -2.38. The van der Waals surface area contributed by atoms with E-state index in [1.807, 2.05) is 32.1 Å². The van der Waals surface area contributed by atoms with Gasteiger partial charge >= 0.3 is 6.09 Å². The number of fused-ring (bicyclic) bond motifs is 2. The van der Waals surface area contributed by atoms with Gasteiger partial charge in [0.1, 0.15) is 0 Å². The van der Waals surface area contributed by atoms with Gasteiger partial charge in [-0.3, -0.25) is 4.79 Å². The van der Waals surface area contributed by atoms with Gasteiger partial charge in [0.25, 0.3) is 0 Å². The number of aryl methyl sites for hydroxylation is 2. The molecule has 2 bridgehead atoms. The van der Waals surface area contributed by atoms with Crippen LogP contribution in [0.25, 0.3) is 0 Å². The third kappa shape index (κ3) is 2.89. The van der Waals surface area contributed by atoms with Crippen LogP contribution in [0.3, 0.4) is 0 Å². The van der Waals surface area contributed by atoms with Gasteiger partial charge in [0.05, 0.1) is 23.5 Å². The standard InChI is InChI=1S/C20H25F2N3O3/c1-12-3-4-13(2)25(12)14-5-6-20(8-14,9-17(21)22)18(26)23-10-16-7-15(23)11-24(16)19(27)28/h3-6,14-17H,7-11H2,1-2H3,(H,27,28)/t14-,15+,16+,20+/m1/s1. The van der Waals surface area contributed by atoms with Crippen molar-refractivity contribution in [2.45, 2.75) is 57.7 Å². The fourth-order valence-corrected chi connectivity index (χ4v) is 5.29. The van der Waals surface area contributed by atoms with E-state index < -0.39 is 24.4 Å². The molecule has 0 spiro atoms. The second-order valence-electron chi connectivity index (χ2n) is 8.30. The summed E-state index contributed by atoms with van der Waals surface area (Å²) in [7, 11) is 0. The van der Waals surface area contributed by atoms with Crippen molar-refractivity contribution < 1.29 is 23.5 Å². The molecule has 3 heterocycles. The highest BCUT2D eigenvalue weighted by atomic mass is 19.3. The van der Waals surface area contributed by atoms with E-state index in [1.165, 1.54) is 4.90 Å². The molecular weight excluding hydrogens is 368 g/mol. The lowest BCUT2D eigenvalue weighted by molar-refractivity contribution is -0.144. The minimum atomic E-state index is -2.59. The molecule has 2 aliphatic heterocycles. The topological polar surface area (TPSA) is 65.8 Å². The Bertz CT molecular complexity index is 817. The Labute approximate surface area is 162 Å². The Kier molecular flexibility index (Phi) is 4.47. The summed E-state index contributed by atoms with van der Waals surface area (Å²) in [6, 6.07) is 3.39. The molecule has 152 valence electrons. The minimum Gasteiger partial charge on any atom is -0.465 e. The third-order valence-electron chi connectivity index (χ3n) is 6.56. The number of carbonyl (C=O) groups excluding carboxylic acids is 1. The third-order valence-corrected chi connectivity index (χ3v) is 6.56. The van der Waals surface area contributed by atoms with Crippen LogP contribution >= 0.6 is 0 Å². The van der Waals surface area contributed by atoms with Crippen molar-refractivity contribution in [1.82, 2.24) is 14.4 Å². The van der Waals surface area contributed by atoms with Crippen LogP contribution < -0.4 is 0 Å². The number of likely N-dealkylation sites (tertiary alicyclic amines) is 2. The number of piperazine rings is 1. The molecule has 2 amide bonds. The van der Waals surface area contributed by atoms with Crippen LogP contribution in [-0.2, 0) is 4.79 Å². The van der Waals surface area contributed by atoms with Gasteiger partial charge in [-0.15, -0.1) is 0 Å². The average molecular weight is 393 g/mol. The molecule has 2 fully saturated rings. The number of allylic oxidation sites excluding steroid dienone is 1. The predicted octanol–water partition coefficient (Wildman–Crippen LogP) is 3.21. The molecular formula is C20H25F2N3O3. The van der Waals surface area contributed by atoms with Gasteiger partial charge in [0.15, 0.2) is 0 Å². The van der Waals surface area contributed by atoms with Gasteiger partial charge in [-0.25, -0.2) is 13.6 Å². The van der Waals surface area contributed by atoms with E-state index in [0.29, 0.717) is 19.4 Å². The van der Waals surface area contributed by atoms with Gasteiger partial charge in [-0.1, -0.05) is 12.2 Å². The van der Waals surface area contributed by atoms with Gasteiger partial charge in [0, 0.05) is 30.9 Å². The number of halogens is 2. The van der Waals surface area contributed by atoms with Gasteiger partial charge in [-0.05, 0) is 38.8 Å². The largest absolute Gasteiger partial charge is 0.465 e. The molecule has 8 heteroatoms. The highest BCUT2D eigenvalue weighted by molar-refractivity contribution is 5.86. The number of hydrogen-bond acceptors (Lipinski definition) is 2. The number of nitrogens with zero attached hydrogens (tertiary/aromatic N) is 3. The quantitative estimate of drug-likeness (QED) is 0.799.